The van der Waals surface area contributed by atoms with Crippen LogP contribution in [0.4, 0.5) is 8.78 Å². The fourth-order valence-corrected chi connectivity index (χ4v) is 2.00. The van der Waals surface area contributed by atoms with E-state index in [4.69, 9.17) is 4.74 Å². The quantitative estimate of drug-likeness (QED) is 0.696. The second-order valence-corrected chi connectivity index (χ2v) is 4.60. The highest BCUT2D eigenvalue weighted by Crippen LogP contribution is 2.13. The van der Waals surface area contributed by atoms with Gasteiger partial charge in [0.2, 0.25) is 0 Å². The Balaban J connectivity index is 2.54. The number of hydrogen-bond acceptors (Lipinski definition) is 2. The lowest BCUT2D eigenvalue weighted by atomic mass is 10.0. The third-order valence-electron chi connectivity index (χ3n) is 2.93. The Morgan fingerprint density at radius 3 is 2.68 bits per heavy atom. The van der Waals surface area contributed by atoms with Gasteiger partial charge in [0, 0.05) is 19.3 Å². The molecule has 1 N–H and O–H groups in total. The normalized spacial score (nSPS) is 12.6. The molecule has 0 aliphatic heterocycles. The highest BCUT2D eigenvalue weighted by atomic mass is 19.1. The fourth-order valence-electron chi connectivity index (χ4n) is 2.00. The topological polar surface area (TPSA) is 21.3 Å². The van der Waals surface area contributed by atoms with Crippen LogP contribution in [0.5, 0.6) is 0 Å². The van der Waals surface area contributed by atoms with Crippen LogP contribution in [0.25, 0.3) is 0 Å². The van der Waals surface area contributed by atoms with Crippen molar-refractivity contribution >= 4 is 0 Å². The van der Waals surface area contributed by atoms with E-state index >= 15 is 0 Å². The van der Waals surface area contributed by atoms with E-state index in [2.05, 4.69) is 12.2 Å². The molecule has 0 radical (unpaired) electrons. The van der Waals surface area contributed by atoms with Crippen molar-refractivity contribution in [1.82, 2.24) is 5.32 Å². The molecule has 0 aromatic heterocycles. The van der Waals surface area contributed by atoms with Gasteiger partial charge in [0.1, 0.15) is 11.6 Å². The largest absolute Gasteiger partial charge is 0.381 e. The molecule has 0 fully saturated rings. The van der Waals surface area contributed by atoms with Crippen LogP contribution < -0.4 is 5.32 Å². The molecule has 0 saturated heterocycles. The Labute approximate surface area is 114 Å². The van der Waals surface area contributed by atoms with Crippen LogP contribution in [0.3, 0.4) is 0 Å². The van der Waals surface area contributed by atoms with Gasteiger partial charge >= 0.3 is 0 Å². The summed E-state index contributed by atoms with van der Waals surface area (Å²) < 4.78 is 32.2. The predicted molar refractivity (Wildman–Crippen MR) is 73.3 cm³/mol. The first-order valence-corrected chi connectivity index (χ1v) is 6.92. The molecule has 0 aliphatic carbocycles. The molecular formula is C15H23F2NO. The van der Waals surface area contributed by atoms with E-state index in [1.807, 2.05) is 6.92 Å². The van der Waals surface area contributed by atoms with E-state index < -0.39 is 5.82 Å². The number of ether oxygens (including phenoxy) is 1. The van der Waals surface area contributed by atoms with E-state index in [0.29, 0.717) is 18.6 Å². The molecular weight excluding hydrogens is 248 g/mol. The van der Waals surface area contributed by atoms with Crippen molar-refractivity contribution in [2.24, 2.45) is 0 Å². The summed E-state index contributed by atoms with van der Waals surface area (Å²) in [5.74, 6) is -0.743. The molecule has 108 valence electrons. The maximum Gasteiger partial charge on any atom is 0.126 e. The van der Waals surface area contributed by atoms with Crippen molar-refractivity contribution in [2.45, 2.75) is 39.2 Å². The van der Waals surface area contributed by atoms with Crippen LogP contribution in [0, 0.1) is 11.6 Å². The number of hydrogen-bond donors (Lipinski definition) is 1. The van der Waals surface area contributed by atoms with Crippen LogP contribution in [0.15, 0.2) is 18.2 Å². The maximum atomic E-state index is 13.6. The Kier molecular flexibility index (Phi) is 7.60. The van der Waals surface area contributed by atoms with Crippen LogP contribution in [-0.2, 0) is 11.2 Å². The lowest BCUT2D eigenvalue weighted by molar-refractivity contribution is 0.124. The summed E-state index contributed by atoms with van der Waals surface area (Å²) in [7, 11) is 0. The lowest BCUT2D eigenvalue weighted by Gasteiger charge is -2.18. The molecule has 1 unspecified atom stereocenters. The molecule has 4 heteroatoms. The molecule has 1 aromatic rings. The number of nitrogens with one attached hydrogen (secondary N) is 1. The van der Waals surface area contributed by atoms with Crippen molar-refractivity contribution in [3.05, 3.63) is 35.4 Å². The predicted octanol–water partition coefficient (Wildman–Crippen LogP) is 3.30. The van der Waals surface area contributed by atoms with E-state index in [-0.39, 0.29) is 11.9 Å². The molecule has 0 bridgehead atoms. The number of likely N-dealkylation sites (N-methyl/N-ethyl adjacent to an activating group) is 1. The summed E-state index contributed by atoms with van der Waals surface area (Å²) in [5, 5.41) is 3.29. The average Bonchev–Trinajstić information content (AvgIpc) is 2.39. The summed E-state index contributed by atoms with van der Waals surface area (Å²) in [6.07, 6.45) is 2.26. The van der Waals surface area contributed by atoms with Gasteiger partial charge in [0.15, 0.2) is 0 Å². The first-order valence-electron chi connectivity index (χ1n) is 6.92. The van der Waals surface area contributed by atoms with E-state index in [1.165, 1.54) is 12.1 Å². The fraction of sp³-hybridized carbons (Fsp3) is 0.600. The molecule has 0 spiro atoms. The highest BCUT2D eigenvalue weighted by molar-refractivity contribution is 5.19. The van der Waals surface area contributed by atoms with Gasteiger partial charge in [-0.2, -0.15) is 0 Å². The van der Waals surface area contributed by atoms with Gasteiger partial charge in [0.25, 0.3) is 0 Å². The van der Waals surface area contributed by atoms with Crippen LogP contribution in [0.2, 0.25) is 0 Å². The molecule has 0 aliphatic rings. The molecule has 1 aromatic carbocycles. The molecule has 0 heterocycles. The van der Waals surface area contributed by atoms with E-state index in [0.717, 1.165) is 32.1 Å². The van der Waals surface area contributed by atoms with Gasteiger partial charge < -0.3 is 10.1 Å². The standard InChI is InChI=1S/C15H23F2NO/c1-3-8-19-9-7-14(18-4-2)11-12-10-13(16)5-6-15(12)17/h5-6,10,14,18H,3-4,7-9,11H2,1-2H3. The second kappa shape index (κ2) is 8.99. The Morgan fingerprint density at radius 1 is 1.21 bits per heavy atom. The third kappa shape index (κ3) is 6.12. The number of halogens is 2. The van der Waals surface area contributed by atoms with Gasteiger partial charge in [-0.05, 0) is 49.6 Å². The minimum absolute atomic E-state index is 0.109. The van der Waals surface area contributed by atoms with Crippen LogP contribution in [-0.4, -0.2) is 25.8 Å². The van der Waals surface area contributed by atoms with Crippen molar-refractivity contribution < 1.29 is 13.5 Å². The third-order valence-corrected chi connectivity index (χ3v) is 2.93. The maximum absolute atomic E-state index is 13.6. The first-order chi connectivity index (χ1) is 9.17. The van der Waals surface area contributed by atoms with Gasteiger partial charge in [-0.3, -0.25) is 0 Å². The monoisotopic (exact) mass is 271 g/mol. The van der Waals surface area contributed by atoms with Crippen molar-refractivity contribution in [1.29, 1.82) is 0 Å². The highest BCUT2D eigenvalue weighted by Gasteiger charge is 2.12. The van der Waals surface area contributed by atoms with Gasteiger partial charge in [-0.1, -0.05) is 13.8 Å². The van der Waals surface area contributed by atoms with Crippen molar-refractivity contribution in [3.8, 4) is 0 Å². The summed E-state index contributed by atoms with van der Waals surface area (Å²) in [6.45, 7) is 6.25. The van der Waals surface area contributed by atoms with Gasteiger partial charge in [-0.25, -0.2) is 8.78 Å². The zero-order valence-corrected chi connectivity index (χ0v) is 11.7. The zero-order chi connectivity index (χ0) is 14.1. The number of benzene rings is 1. The lowest BCUT2D eigenvalue weighted by Crippen LogP contribution is -2.32. The molecule has 1 rings (SSSR count). The summed E-state index contributed by atoms with van der Waals surface area (Å²) in [6, 6.07) is 3.71. The average molecular weight is 271 g/mol. The van der Waals surface area contributed by atoms with Gasteiger partial charge in [-0.15, -0.1) is 0 Å². The summed E-state index contributed by atoms with van der Waals surface area (Å²) in [4.78, 5) is 0. The second-order valence-electron chi connectivity index (χ2n) is 4.60. The molecule has 19 heavy (non-hydrogen) atoms. The van der Waals surface area contributed by atoms with Gasteiger partial charge in [0.05, 0.1) is 0 Å². The van der Waals surface area contributed by atoms with E-state index in [9.17, 15) is 8.78 Å². The molecule has 1 atom stereocenters. The SMILES string of the molecule is CCCOCCC(Cc1cc(F)ccc1F)NCC. The minimum Gasteiger partial charge on any atom is -0.381 e. The van der Waals surface area contributed by atoms with Crippen molar-refractivity contribution in [3.63, 3.8) is 0 Å². The molecule has 0 amide bonds. The van der Waals surface area contributed by atoms with Crippen LogP contribution in [0.1, 0.15) is 32.3 Å². The van der Waals surface area contributed by atoms with Crippen molar-refractivity contribution in [2.75, 3.05) is 19.8 Å². The smallest absolute Gasteiger partial charge is 0.126 e. The van der Waals surface area contributed by atoms with Crippen LogP contribution >= 0.6 is 0 Å². The molecule has 2 nitrogen and oxygen atoms in total. The zero-order valence-electron chi connectivity index (χ0n) is 11.7. The Morgan fingerprint density at radius 2 is 2.00 bits per heavy atom. The van der Waals surface area contributed by atoms with E-state index in [1.54, 1.807) is 0 Å². The Hall–Kier alpha value is -1.00. The Bertz CT molecular complexity index is 371. The summed E-state index contributed by atoms with van der Waals surface area (Å²) in [5.41, 5.74) is 0.418. The summed E-state index contributed by atoms with van der Waals surface area (Å²) >= 11 is 0. The number of rotatable bonds is 9. The first kappa shape index (κ1) is 16.1. The molecule has 0 saturated carbocycles. The minimum atomic E-state index is -0.395.